The molecule has 1 aliphatic heterocycles. The molecule has 2 nitrogen and oxygen atoms in total. The Morgan fingerprint density at radius 2 is 1.42 bits per heavy atom. The zero-order valence-electron chi connectivity index (χ0n) is 7.04. The third-order valence-corrected chi connectivity index (χ3v) is 5.91. The Bertz CT molecular complexity index is 190. The van der Waals surface area contributed by atoms with E-state index in [4.69, 9.17) is 0 Å². The van der Waals surface area contributed by atoms with E-state index in [-0.39, 0.29) is 0 Å². The highest BCUT2D eigenvalue weighted by atomic mass is 79.9. The topological polar surface area (TPSA) is 6.48 Å². The molecule has 0 fully saturated rings. The number of rotatable bonds is 2. The molecule has 0 saturated heterocycles. The molecule has 0 N–H and O–H groups in total. The molecule has 0 aliphatic carbocycles. The SMILES string of the molecule is CSN1C(Br)=C(Br)N(SC)C1C. The van der Waals surface area contributed by atoms with Crippen molar-refractivity contribution in [2.45, 2.75) is 13.1 Å². The Morgan fingerprint density at radius 3 is 1.58 bits per heavy atom. The monoisotopic (exact) mass is 332 g/mol. The molecule has 1 aliphatic rings. The maximum atomic E-state index is 3.53. The van der Waals surface area contributed by atoms with Crippen LogP contribution in [0.5, 0.6) is 0 Å². The van der Waals surface area contributed by atoms with E-state index in [1.807, 2.05) is 0 Å². The van der Waals surface area contributed by atoms with E-state index in [0.717, 1.165) is 9.21 Å². The molecule has 0 radical (unpaired) electrons. The summed E-state index contributed by atoms with van der Waals surface area (Å²) in [6.07, 6.45) is 4.53. The van der Waals surface area contributed by atoms with Gasteiger partial charge in [-0.15, -0.1) is 0 Å². The van der Waals surface area contributed by atoms with Gasteiger partial charge in [-0.25, -0.2) is 0 Å². The Hall–Kier alpha value is 1.000. The zero-order chi connectivity index (χ0) is 9.30. The van der Waals surface area contributed by atoms with Gasteiger partial charge in [-0.05, 0) is 38.8 Å². The van der Waals surface area contributed by atoms with Gasteiger partial charge in [0.1, 0.15) is 15.4 Å². The van der Waals surface area contributed by atoms with Gasteiger partial charge in [0.2, 0.25) is 0 Å². The van der Waals surface area contributed by atoms with E-state index >= 15 is 0 Å². The summed E-state index contributed by atoms with van der Waals surface area (Å²) in [4.78, 5) is 0. The minimum Gasteiger partial charge on any atom is -0.285 e. The lowest BCUT2D eigenvalue weighted by Gasteiger charge is -2.26. The minimum absolute atomic E-state index is 0.388. The van der Waals surface area contributed by atoms with E-state index in [9.17, 15) is 0 Å². The minimum atomic E-state index is 0.388. The fourth-order valence-electron chi connectivity index (χ4n) is 1.07. The normalized spacial score (nSPS) is 19.8. The Balaban J connectivity index is 2.86. The van der Waals surface area contributed by atoms with Crippen LogP contribution in [-0.4, -0.2) is 27.3 Å². The summed E-state index contributed by atoms with van der Waals surface area (Å²) >= 11 is 10.5. The lowest BCUT2D eigenvalue weighted by Crippen LogP contribution is -2.28. The average Bonchev–Trinajstić information content (AvgIpc) is 2.25. The molecule has 0 saturated carbocycles. The number of nitrogens with zero attached hydrogens (tertiary/aromatic N) is 2. The average molecular weight is 334 g/mol. The molecule has 1 rings (SSSR count). The van der Waals surface area contributed by atoms with Crippen molar-refractivity contribution >= 4 is 55.8 Å². The fraction of sp³-hybridized carbons (Fsp3) is 0.667. The van der Waals surface area contributed by atoms with Crippen LogP contribution in [0.1, 0.15) is 6.92 Å². The second kappa shape index (κ2) is 4.48. The van der Waals surface area contributed by atoms with Gasteiger partial charge in [-0.3, -0.25) is 8.61 Å². The van der Waals surface area contributed by atoms with Gasteiger partial charge in [-0.2, -0.15) is 0 Å². The van der Waals surface area contributed by atoms with Crippen molar-refractivity contribution < 1.29 is 0 Å². The number of hydrogen-bond acceptors (Lipinski definition) is 4. The Morgan fingerprint density at radius 1 is 1.08 bits per heavy atom. The summed E-state index contributed by atoms with van der Waals surface area (Å²) in [5, 5.41) is 0. The zero-order valence-corrected chi connectivity index (χ0v) is 11.8. The van der Waals surface area contributed by atoms with Crippen molar-refractivity contribution in [3.63, 3.8) is 0 Å². The van der Waals surface area contributed by atoms with Crippen molar-refractivity contribution in [3.05, 3.63) is 9.21 Å². The highest BCUT2D eigenvalue weighted by molar-refractivity contribution is 9.14. The summed E-state index contributed by atoms with van der Waals surface area (Å²) in [6, 6.07) is 0. The summed E-state index contributed by atoms with van der Waals surface area (Å²) in [5.41, 5.74) is 0. The summed E-state index contributed by atoms with van der Waals surface area (Å²) < 4.78 is 6.63. The van der Waals surface area contributed by atoms with E-state index in [2.05, 4.69) is 59.9 Å². The number of hydrogen-bond donors (Lipinski definition) is 0. The third-order valence-electron chi connectivity index (χ3n) is 1.63. The lowest BCUT2D eigenvalue weighted by molar-refractivity contribution is 0.369. The van der Waals surface area contributed by atoms with Crippen molar-refractivity contribution in [2.75, 3.05) is 12.5 Å². The molecule has 70 valence electrons. The predicted molar refractivity (Wildman–Crippen MR) is 65.1 cm³/mol. The van der Waals surface area contributed by atoms with Gasteiger partial charge in [0.15, 0.2) is 0 Å². The molecule has 6 heteroatoms. The summed E-state index contributed by atoms with van der Waals surface area (Å²) in [5.74, 6) is 0. The van der Waals surface area contributed by atoms with Crippen LogP contribution < -0.4 is 0 Å². The van der Waals surface area contributed by atoms with Crippen LogP contribution in [0, 0.1) is 0 Å². The molecule has 0 amide bonds. The van der Waals surface area contributed by atoms with Gasteiger partial charge in [-0.1, -0.05) is 23.9 Å². The molecule has 1 heterocycles. The largest absolute Gasteiger partial charge is 0.285 e. The van der Waals surface area contributed by atoms with Crippen LogP contribution in [-0.2, 0) is 0 Å². The van der Waals surface area contributed by atoms with E-state index in [1.165, 1.54) is 0 Å². The first-order valence-electron chi connectivity index (χ1n) is 3.35. The van der Waals surface area contributed by atoms with Crippen LogP contribution in [0.2, 0.25) is 0 Å². The maximum Gasteiger partial charge on any atom is 0.124 e. The van der Waals surface area contributed by atoms with Crippen LogP contribution in [0.15, 0.2) is 9.21 Å². The van der Waals surface area contributed by atoms with E-state index in [1.54, 1.807) is 23.9 Å². The number of halogens is 2. The van der Waals surface area contributed by atoms with Gasteiger partial charge in [0.25, 0.3) is 0 Å². The van der Waals surface area contributed by atoms with Crippen LogP contribution in [0.25, 0.3) is 0 Å². The van der Waals surface area contributed by atoms with Crippen LogP contribution in [0.4, 0.5) is 0 Å². The summed E-state index contributed by atoms with van der Waals surface area (Å²) in [6.45, 7) is 2.17. The first-order chi connectivity index (χ1) is 5.63. The maximum absolute atomic E-state index is 3.53. The Labute approximate surface area is 98.6 Å². The van der Waals surface area contributed by atoms with Crippen LogP contribution >= 0.6 is 55.8 Å². The first kappa shape index (κ1) is 11.1. The van der Waals surface area contributed by atoms with Gasteiger partial charge >= 0.3 is 0 Å². The second-order valence-corrected chi connectivity index (χ2v) is 5.25. The van der Waals surface area contributed by atoms with E-state index in [0.29, 0.717) is 6.17 Å². The highest BCUT2D eigenvalue weighted by Gasteiger charge is 2.32. The third kappa shape index (κ3) is 1.76. The van der Waals surface area contributed by atoms with Crippen molar-refractivity contribution in [3.8, 4) is 0 Å². The molecule has 12 heavy (non-hydrogen) atoms. The van der Waals surface area contributed by atoms with Crippen molar-refractivity contribution in [1.29, 1.82) is 0 Å². The van der Waals surface area contributed by atoms with Crippen LogP contribution in [0.3, 0.4) is 0 Å². The van der Waals surface area contributed by atoms with Gasteiger partial charge in [0, 0.05) is 12.5 Å². The van der Waals surface area contributed by atoms with Crippen molar-refractivity contribution in [2.24, 2.45) is 0 Å². The lowest BCUT2D eigenvalue weighted by atomic mass is 10.6. The molecule has 0 atom stereocenters. The predicted octanol–water partition coefficient (Wildman–Crippen LogP) is 3.42. The molecule has 0 unspecified atom stereocenters. The van der Waals surface area contributed by atoms with E-state index < -0.39 is 0 Å². The van der Waals surface area contributed by atoms with Crippen molar-refractivity contribution in [1.82, 2.24) is 8.61 Å². The first-order valence-corrected chi connectivity index (χ1v) is 7.30. The molecule has 0 aromatic heterocycles. The highest BCUT2D eigenvalue weighted by Crippen LogP contribution is 2.42. The van der Waals surface area contributed by atoms with Gasteiger partial charge in [0.05, 0.1) is 0 Å². The second-order valence-electron chi connectivity index (χ2n) is 2.23. The molecule has 0 aromatic carbocycles. The molecular weight excluding hydrogens is 324 g/mol. The molecule has 0 aromatic rings. The van der Waals surface area contributed by atoms with Gasteiger partial charge < -0.3 is 0 Å². The fourth-order valence-corrected chi connectivity index (χ4v) is 4.50. The quantitative estimate of drug-likeness (QED) is 0.564. The standard InChI is InChI=1S/C6H10Br2N2S2/c1-4-9(11-2)5(7)6(8)10(4)12-3/h4H,1-3H3. The Kier molecular flexibility index (Phi) is 4.14. The molecule has 0 bridgehead atoms. The smallest absolute Gasteiger partial charge is 0.124 e. The molecular formula is C6H10Br2N2S2. The molecule has 0 spiro atoms. The summed E-state index contributed by atoms with van der Waals surface area (Å²) in [7, 11) is 0.